The Bertz CT molecular complexity index is 618. The van der Waals surface area contributed by atoms with Gasteiger partial charge in [-0.05, 0) is 24.3 Å². The zero-order valence-corrected chi connectivity index (χ0v) is 9.46. The van der Waals surface area contributed by atoms with E-state index in [1.165, 1.54) is 30.6 Å². The van der Waals surface area contributed by atoms with Crippen LogP contribution in [-0.4, -0.2) is 20.6 Å². The molecule has 100 valence electrons. The molecule has 2 heterocycles. The van der Waals surface area contributed by atoms with Gasteiger partial charge in [-0.3, -0.25) is 4.57 Å². The molecule has 3 N–H and O–H groups in total. The van der Waals surface area contributed by atoms with Crippen molar-refractivity contribution in [2.45, 2.75) is 6.18 Å². The van der Waals surface area contributed by atoms with Gasteiger partial charge in [0.15, 0.2) is 5.84 Å². The first-order valence-electron chi connectivity index (χ1n) is 5.13. The number of rotatable bonds is 2. The third-order valence-electron chi connectivity index (χ3n) is 2.44. The predicted octanol–water partition coefficient (Wildman–Crippen LogP) is 1.99. The highest BCUT2D eigenvalue weighted by Crippen LogP contribution is 2.33. The van der Waals surface area contributed by atoms with Crippen LogP contribution in [0.3, 0.4) is 0 Å². The summed E-state index contributed by atoms with van der Waals surface area (Å²) in [5.41, 5.74) is 4.62. The molecular formula is C11H9F3N4O. The van der Waals surface area contributed by atoms with Gasteiger partial charge in [0.05, 0.1) is 11.3 Å². The fraction of sp³-hybridized carbons (Fsp3) is 0.0909. The van der Waals surface area contributed by atoms with Gasteiger partial charge in [0, 0.05) is 12.4 Å². The highest BCUT2D eigenvalue weighted by molar-refractivity contribution is 5.96. The van der Waals surface area contributed by atoms with Crippen LogP contribution in [0.4, 0.5) is 13.2 Å². The topological polar surface area (TPSA) is 76.4 Å². The summed E-state index contributed by atoms with van der Waals surface area (Å²) in [5, 5.41) is 11.4. The van der Waals surface area contributed by atoms with E-state index in [1.54, 1.807) is 0 Å². The summed E-state index contributed by atoms with van der Waals surface area (Å²) in [6.45, 7) is 0. The highest BCUT2D eigenvalue weighted by atomic mass is 19.4. The van der Waals surface area contributed by atoms with Crippen LogP contribution < -0.4 is 5.73 Å². The van der Waals surface area contributed by atoms with Gasteiger partial charge in [-0.1, -0.05) is 5.16 Å². The monoisotopic (exact) mass is 270 g/mol. The summed E-state index contributed by atoms with van der Waals surface area (Å²) in [6, 6.07) is 5.00. The SMILES string of the molecule is N/C(=N/O)c1cccn1-c1ncccc1C(F)(F)F. The molecule has 2 aromatic rings. The van der Waals surface area contributed by atoms with E-state index < -0.39 is 11.7 Å². The Balaban J connectivity index is 2.64. The number of hydrogen-bond donors (Lipinski definition) is 2. The van der Waals surface area contributed by atoms with Gasteiger partial charge in [-0.15, -0.1) is 0 Å². The van der Waals surface area contributed by atoms with Crippen molar-refractivity contribution in [1.29, 1.82) is 0 Å². The van der Waals surface area contributed by atoms with Crippen LogP contribution in [0.5, 0.6) is 0 Å². The lowest BCUT2D eigenvalue weighted by atomic mass is 10.2. The number of pyridine rings is 1. The van der Waals surface area contributed by atoms with E-state index in [9.17, 15) is 13.2 Å². The second kappa shape index (κ2) is 4.63. The van der Waals surface area contributed by atoms with Crippen molar-refractivity contribution < 1.29 is 18.4 Å². The Morgan fingerprint density at radius 3 is 2.68 bits per heavy atom. The molecule has 0 aliphatic rings. The molecule has 0 saturated carbocycles. The zero-order valence-electron chi connectivity index (χ0n) is 9.46. The van der Waals surface area contributed by atoms with E-state index in [1.807, 2.05) is 0 Å². The van der Waals surface area contributed by atoms with Gasteiger partial charge in [0.2, 0.25) is 0 Å². The molecule has 0 spiro atoms. The molecule has 5 nitrogen and oxygen atoms in total. The Labute approximate surface area is 105 Å². The van der Waals surface area contributed by atoms with Crippen molar-refractivity contribution in [2.24, 2.45) is 10.9 Å². The molecule has 0 aliphatic heterocycles. The largest absolute Gasteiger partial charge is 0.419 e. The number of alkyl halides is 3. The Kier molecular flexibility index (Phi) is 3.16. The van der Waals surface area contributed by atoms with Crippen LogP contribution >= 0.6 is 0 Å². The number of halogens is 3. The highest BCUT2D eigenvalue weighted by Gasteiger charge is 2.35. The minimum Gasteiger partial charge on any atom is -0.409 e. The van der Waals surface area contributed by atoms with Crippen molar-refractivity contribution in [3.63, 3.8) is 0 Å². The predicted molar refractivity (Wildman–Crippen MR) is 61.1 cm³/mol. The summed E-state index contributed by atoms with van der Waals surface area (Å²) in [5.74, 6) is -0.634. The average molecular weight is 270 g/mol. The maximum atomic E-state index is 12.9. The van der Waals surface area contributed by atoms with Gasteiger partial charge in [0.25, 0.3) is 0 Å². The van der Waals surface area contributed by atoms with Gasteiger partial charge in [0.1, 0.15) is 5.82 Å². The number of nitrogens with zero attached hydrogens (tertiary/aromatic N) is 3. The minimum absolute atomic E-state index is 0.117. The van der Waals surface area contributed by atoms with Crippen LogP contribution in [-0.2, 0) is 6.18 Å². The molecule has 2 aromatic heterocycles. The minimum atomic E-state index is -4.55. The zero-order chi connectivity index (χ0) is 14.0. The summed E-state index contributed by atoms with van der Waals surface area (Å²) in [4.78, 5) is 3.72. The number of nitrogens with two attached hydrogens (primary N) is 1. The van der Waals surface area contributed by atoms with Crippen molar-refractivity contribution in [2.75, 3.05) is 0 Å². The summed E-state index contributed by atoms with van der Waals surface area (Å²) in [6.07, 6.45) is -1.96. The standard InChI is InChI=1S/C11H9F3N4O/c12-11(13,14)7-3-1-5-16-10(7)18-6-2-4-8(18)9(15)17-19/h1-6,19H,(H2,15,17). The van der Waals surface area contributed by atoms with Crippen LogP contribution in [0.2, 0.25) is 0 Å². The molecular weight excluding hydrogens is 261 g/mol. The molecule has 0 fully saturated rings. The molecule has 0 atom stereocenters. The Hall–Kier alpha value is -2.51. The van der Waals surface area contributed by atoms with Gasteiger partial charge >= 0.3 is 6.18 Å². The van der Waals surface area contributed by atoms with Crippen molar-refractivity contribution >= 4 is 5.84 Å². The third kappa shape index (κ3) is 2.37. The quantitative estimate of drug-likeness (QED) is 0.379. The first kappa shape index (κ1) is 12.9. The first-order valence-corrected chi connectivity index (χ1v) is 5.13. The number of oxime groups is 1. The summed E-state index contributed by atoms with van der Waals surface area (Å²) < 4.78 is 39.8. The maximum Gasteiger partial charge on any atom is 0.419 e. The summed E-state index contributed by atoms with van der Waals surface area (Å²) >= 11 is 0. The normalized spacial score (nSPS) is 12.7. The lowest BCUT2D eigenvalue weighted by molar-refractivity contribution is -0.137. The van der Waals surface area contributed by atoms with Crippen LogP contribution in [0.25, 0.3) is 5.82 Å². The fourth-order valence-corrected chi connectivity index (χ4v) is 1.64. The molecule has 19 heavy (non-hydrogen) atoms. The Morgan fingerprint density at radius 1 is 1.32 bits per heavy atom. The fourth-order valence-electron chi connectivity index (χ4n) is 1.64. The Morgan fingerprint density at radius 2 is 2.05 bits per heavy atom. The first-order chi connectivity index (χ1) is 8.95. The van der Waals surface area contributed by atoms with Gasteiger partial charge in [-0.25, -0.2) is 4.98 Å². The molecule has 0 radical (unpaired) electrons. The summed E-state index contributed by atoms with van der Waals surface area (Å²) in [7, 11) is 0. The molecule has 0 unspecified atom stereocenters. The van der Waals surface area contributed by atoms with E-state index >= 15 is 0 Å². The maximum absolute atomic E-state index is 12.9. The molecule has 0 amide bonds. The van der Waals surface area contributed by atoms with Gasteiger partial charge < -0.3 is 10.9 Å². The smallest absolute Gasteiger partial charge is 0.409 e. The lowest BCUT2D eigenvalue weighted by Gasteiger charge is -2.14. The van der Waals surface area contributed by atoms with Gasteiger partial charge in [-0.2, -0.15) is 13.2 Å². The van der Waals surface area contributed by atoms with E-state index in [2.05, 4.69) is 10.1 Å². The molecule has 0 aromatic carbocycles. The van der Waals surface area contributed by atoms with E-state index in [0.717, 1.165) is 10.6 Å². The second-order valence-electron chi connectivity index (χ2n) is 3.62. The second-order valence-corrected chi connectivity index (χ2v) is 3.62. The van der Waals surface area contributed by atoms with E-state index in [4.69, 9.17) is 10.9 Å². The van der Waals surface area contributed by atoms with Crippen molar-refractivity contribution in [3.05, 3.63) is 47.9 Å². The number of hydrogen-bond acceptors (Lipinski definition) is 3. The van der Waals surface area contributed by atoms with Crippen LogP contribution in [0.1, 0.15) is 11.3 Å². The van der Waals surface area contributed by atoms with E-state index in [-0.39, 0.29) is 17.3 Å². The number of aromatic nitrogens is 2. The number of amidine groups is 1. The van der Waals surface area contributed by atoms with E-state index in [0.29, 0.717) is 0 Å². The van der Waals surface area contributed by atoms with Crippen LogP contribution in [0, 0.1) is 0 Å². The molecule has 0 aliphatic carbocycles. The lowest BCUT2D eigenvalue weighted by Crippen LogP contribution is -2.20. The molecule has 8 heteroatoms. The average Bonchev–Trinajstić information content (AvgIpc) is 2.86. The molecule has 2 rings (SSSR count). The molecule has 0 bridgehead atoms. The van der Waals surface area contributed by atoms with Crippen LogP contribution in [0.15, 0.2) is 41.8 Å². The molecule has 0 saturated heterocycles. The van der Waals surface area contributed by atoms with Crippen molar-refractivity contribution in [1.82, 2.24) is 9.55 Å². The van der Waals surface area contributed by atoms with Crippen molar-refractivity contribution in [3.8, 4) is 5.82 Å². The third-order valence-corrected chi connectivity index (χ3v) is 2.44.